The molecule has 2 heterocycles. The number of phenols is 1. The van der Waals surface area contributed by atoms with Crippen LogP contribution in [0.2, 0.25) is 0 Å². The number of aromatic amines is 2. The minimum Gasteiger partial charge on any atom is -0.505 e. The van der Waals surface area contributed by atoms with Crippen LogP contribution in [0.5, 0.6) is 5.75 Å². The molecule has 10 heteroatoms. The molecule has 0 aliphatic heterocycles. The number of aryl methyl sites for hydroxylation is 4. The second-order valence-electron chi connectivity index (χ2n) is 9.62. The molecule has 1 aliphatic rings. The minimum absolute atomic E-state index is 0.0299. The maximum absolute atomic E-state index is 13.2. The lowest BCUT2D eigenvalue weighted by Crippen LogP contribution is -2.14. The number of tetrazole rings is 1. The monoisotopic (exact) mass is 506 g/mol. The first-order valence-corrected chi connectivity index (χ1v) is 12.4. The molecular formula is C28H26N8O2. The zero-order valence-electron chi connectivity index (χ0n) is 21.3. The summed E-state index contributed by atoms with van der Waals surface area (Å²) in [5, 5.41) is 37.4. The Balaban J connectivity index is 1.42. The standard InChI is InChI=1S/C28H26N8O2/c1-15-10-11-21(12-16(15)2)36-28(38)25(17(3)33-36)30-29-23-14-18-6-5-9-22(18)24(26(23)37)19-7-4-8-20(13-19)27-31-34-35-32-27/h4,7-8,10-14,33,37H,5-6,9H2,1-3H3,(H,31,32,34,35). The first-order chi connectivity index (χ1) is 18.4. The van der Waals surface area contributed by atoms with Crippen molar-refractivity contribution in [3.8, 4) is 34.0 Å². The third-order valence-corrected chi connectivity index (χ3v) is 7.15. The summed E-state index contributed by atoms with van der Waals surface area (Å²) in [5.74, 6) is 0.504. The molecule has 0 bridgehead atoms. The van der Waals surface area contributed by atoms with Crippen molar-refractivity contribution in [1.29, 1.82) is 0 Å². The molecule has 0 spiro atoms. The number of hydrogen-bond donors (Lipinski definition) is 3. The highest BCUT2D eigenvalue weighted by atomic mass is 16.3. The molecule has 2 aromatic heterocycles. The van der Waals surface area contributed by atoms with Gasteiger partial charge in [0, 0.05) is 11.1 Å². The van der Waals surface area contributed by atoms with Gasteiger partial charge in [-0.15, -0.1) is 20.4 Å². The van der Waals surface area contributed by atoms with Gasteiger partial charge in [0.2, 0.25) is 5.82 Å². The van der Waals surface area contributed by atoms with E-state index in [0.29, 0.717) is 17.2 Å². The average molecular weight is 507 g/mol. The number of phenolic OH excluding ortho intramolecular Hbond substituents is 1. The van der Waals surface area contributed by atoms with Gasteiger partial charge >= 0.3 is 0 Å². The van der Waals surface area contributed by atoms with Crippen LogP contribution >= 0.6 is 0 Å². The summed E-state index contributed by atoms with van der Waals surface area (Å²) in [5.41, 5.74) is 8.32. The highest BCUT2D eigenvalue weighted by Crippen LogP contribution is 2.45. The van der Waals surface area contributed by atoms with Gasteiger partial charge in [-0.25, -0.2) is 4.68 Å². The van der Waals surface area contributed by atoms with Gasteiger partial charge < -0.3 is 5.11 Å². The van der Waals surface area contributed by atoms with Crippen LogP contribution in [0.4, 0.5) is 11.4 Å². The van der Waals surface area contributed by atoms with Crippen molar-refractivity contribution < 1.29 is 5.11 Å². The smallest absolute Gasteiger partial charge is 0.299 e. The van der Waals surface area contributed by atoms with Crippen LogP contribution in [0.1, 0.15) is 34.4 Å². The van der Waals surface area contributed by atoms with Crippen LogP contribution in [0.25, 0.3) is 28.2 Å². The van der Waals surface area contributed by atoms with E-state index >= 15 is 0 Å². The predicted molar refractivity (Wildman–Crippen MR) is 144 cm³/mol. The minimum atomic E-state index is -0.303. The fourth-order valence-corrected chi connectivity index (χ4v) is 5.01. The molecule has 38 heavy (non-hydrogen) atoms. The highest BCUT2D eigenvalue weighted by Gasteiger charge is 2.23. The summed E-state index contributed by atoms with van der Waals surface area (Å²) < 4.78 is 1.47. The molecule has 5 aromatic rings. The molecule has 0 saturated heterocycles. The molecule has 0 unspecified atom stereocenters. The number of aromatic nitrogens is 6. The van der Waals surface area contributed by atoms with Crippen LogP contribution in [0.3, 0.4) is 0 Å². The quantitative estimate of drug-likeness (QED) is 0.269. The Labute approximate surface area is 218 Å². The first kappa shape index (κ1) is 23.5. The van der Waals surface area contributed by atoms with Crippen LogP contribution in [-0.2, 0) is 12.8 Å². The van der Waals surface area contributed by atoms with Crippen LogP contribution in [0, 0.1) is 20.8 Å². The van der Waals surface area contributed by atoms with Gasteiger partial charge in [-0.05, 0) is 97.3 Å². The van der Waals surface area contributed by atoms with E-state index in [-0.39, 0.29) is 17.0 Å². The number of azo groups is 1. The molecule has 6 rings (SSSR count). The number of rotatable bonds is 5. The normalized spacial score (nSPS) is 12.9. The summed E-state index contributed by atoms with van der Waals surface area (Å²) in [6, 6.07) is 15.4. The number of H-pyrrole nitrogens is 2. The largest absolute Gasteiger partial charge is 0.505 e. The molecule has 190 valence electrons. The lowest BCUT2D eigenvalue weighted by molar-refractivity contribution is 0.478. The Bertz CT molecular complexity index is 1760. The van der Waals surface area contributed by atoms with Crippen molar-refractivity contribution >= 4 is 11.4 Å². The second-order valence-corrected chi connectivity index (χ2v) is 9.62. The maximum atomic E-state index is 13.2. The van der Waals surface area contributed by atoms with Crippen LogP contribution in [0.15, 0.2) is 63.6 Å². The van der Waals surface area contributed by atoms with E-state index in [1.165, 1.54) is 4.68 Å². The number of nitrogens with one attached hydrogen (secondary N) is 2. The summed E-state index contributed by atoms with van der Waals surface area (Å²) >= 11 is 0. The van der Waals surface area contributed by atoms with Crippen molar-refractivity contribution in [1.82, 2.24) is 30.4 Å². The summed E-state index contributed by atoms with van der Waals surface area (Å²) in [6.45, 7) is 5.82. The van der Waals surface area contributed by atoms with Crippen molar-refractivity contribution in [2.45, 2.75) is 40.0 Å². The van der Waals surface area contributed by atoms with E-state index in [1.807, 2.05) is 62.4 Å². The van der Waals surface area contributed by atoms with Crippen LogP contribution in [-0.4, -0.2) is 35.5 Å². The fraction of sp³-hybridized carbons (Fsp3) is 0.214. The molecule has 10 nitrogen and oxygen atoms in total. The van der Waals surface area contributed by atoms with E-state index in [9.17, 15) is 9.90 Å². The average Bonchev–Trinajstić information content (AvgIpc) is 3.66. The lowest BCUT2D eigenvalue weighted by Gasteiger charge is -2.14. The Morgan fingerprint density at radius 1 is 0.974 bits per heavy atom. The number of hydrogen-bond acceptors (Lipinski definition) is 7. The van der Waals surface area contributed by atoms with E-state index in [0.717, 1.165) is 63.9 Å². The van der Waals surface area contributed by atoms with Gasteiger partial charge in [0.15, 0.2) is 11.4 Å². The van der Waals surface area contributed by atoms with Crippen molar-refractivity contribution in [3.63, 3.8) is 0 Å². The highest BCUT2D eigenvalue weighted by molar-refractivity contribution is 5.83. The van der Waals surface area contributed by atoms with Gasteiger partial charge in [0.25, 0.3) is 5.56 Å². The molecule has 0 fully saturated rings. The van der Waals surface area contributed by atoms with E-state index < -0.39 is 0 Å². The molecule has 0 radical (unpaired) electrons. The summed E-state index contributed by atoms with van der Waals surface area (Å²) in [6.07, 6.45) is 2.74. The molecule has 3 aromatic carbocycles. The molecule has 1 aliphatic carbocycles. The number of fused-ring (bicyclic) bond motifs is 1. The third-order valence-electron chi connectivity index (χ3n) is 7.15. The topological polar surface area (TPSA) is 137 Å². The Morgan fingerprint density at radius 3 is 2.61 bits per heavy atom. The van der Waals surface area contributed by atoms with Gasteiger partial charge in [-0.1, -0.05) is 24.3 Å². The fourth-order valence-electron chi connectivity index (χ4n) is 5.01. The number of nitrogens with zero attached hydrogens (tertiary/aromatic N) is 6. The predicted octanol–water partition coefficient (Wildman–Crippen LogP) is 5.55. The van der Waals surface area contributed by atoms with E-state index in [2.05, 4.69) is 36.0 Å². The van der Waals surface area contributed by atoms with Gasteiger partial charge in [0.05, 0.1) is 11.4 Å². The number of benzene rings is 3. The maximum Gasteiger partial charge on any atom is 0.299 e. The Hall–Kier alpha value is -4.86. The van der Waals surface area contributed by atoms with Crippen LogP contribution < -0.4 is 5.56 Å². The molecule has 3 N–H and O–H groups in total. The zero-order chi connectivity index (χ0) is 26.4. The molecule has 0 amide bonds. The zero-order valence-corrected chi connectivity index (χ0v) is 21.3. The van der Waals surface area contributed by atoms with Gasteiger partial charge in [0.1, 0.15) is 5.69 Å². The second kappa shape index (κ2) is 9.22. The van der Waals surface area contributed by atoms with Crippen molar-refractivity contribution in [2.24, 2.45) is 10.2 Å². The first-order valence-electron chi connectivity index (χ1n) is 12.4. The van der Waals surface area contributed by atoms with E-state index in [4.69, 9.17) is 0 Å². The summed E-state index contributed by atoms with van der Waals surface area (Å²) in [4.78, 5) is 13.2. The van der Waals surface area contributed by atoms with Gasteiger partial charge in [-0.2, -0.15) is 5.21 Å². The van der Waals surface area contributed by atoms with E-state index in [1.54, 1.807) is 6.92 Å². The number of aromatic hydroxyl groups is 1. The lowest BCUT2D eigenvalue weighted by atomic mass is 9.93. The Morgan fingerprint density at radius 2 is 1.82 bits per heavy atom. The molecule has 0 atom stereocenters. The van der Waals surface area contributed by atoms with Crippen molar-refractivity contribution in [3.05, 3.63) is 86.8 Å². The van der Waals surface area contributed by atoms with Crippen molar-refractivity contribution in [2.75, 3.05) is 0 Å². The summed E-state index contributed by atoms with van der Waals surface area (Å²) in [7, 11) is 0. The molecule has 0 saturated carbocycles. The SMILES string of the molecule is Cc1ccc(-n2[nH]c(C)c(N=Nc3cc4c(c(-c5cccc(-c6nn[nH]n6)c5)c3O)CCC4)c2=O)cc1C. The Kier molecular flexibility index (Phi) is 5.71. The third kappa shape index (κ3) is 4.00. The molecular weight excluding hydrogens is 480 g/mol. The van der Waals surface area contributed by atoms with Gasteiger partial charge in [-0.3, -0.25) is 9.89 Å².